The molecule has 6 aromatic carbocycles. The lowest BCUT2D eigenvalue weighted by Gasteiger charge is -2.24. The van der Waals surface area contributed by atoms with Crippen LogP contribution < -0.4 is 0 Å². The number of aliphatic hydroxyl groups excluding tert-OH is 2. The molecular weight excluding hydrogens is 905 g/mol. The number of aryl methyl sites for hydroxylation is 2. The molecule has 6 aromatic rings. The number of carbonyl (C=O) groups is 4. The van der Waals surface area contributed by atoms with Crippen LogP contribution in [0.1, 0.15) is 85.9 Å². The van der Waals surface area contributed by atoms with E-state index >= 15 is 0 Å². The van der Waals surface area contributed by atoms with Gasteiger partial charge in [-0.3, -0.25) is 9.59 Å². The van der Waals surface area contributed by atoms with E-state index in [0.29, 0.717) is 49.7 Å². The summed E-state index contributed by atoms with van der Waals surface area (Å²) in [5.41, 5.74) is 7.24. The van der Waals surface area contributed by atoms with Crippen molar-refractivity contribution in [2.75, 3.05) is 0 Å². The van der Waals surface area contributed by atoms with E-state index in [0.717, 1.165) is 34.2 Å². The quantitative estimate of drug-likeness (QED) is 0.0515. The zero-order chi connectivity index (χ0) is 51.6. The first-order valence-corrected chi connectivity index (χ1v) is 25.1. The van der Waals surface area contributed by atoms with Gasteiger partial charge in [0.1, 0.15) is 24.4 Å². The second-order valence-corrected chi connectivity index (χ2v) is 19.1. The molecule has 2 saturated heterocycles. The van der Waals surface area contributed by atoms with E-state index in [9.17, 15) is 29.4 Å². The fourth-order valence-corrected chi connectivity index (χ4v) is 10.5. The lowest BCUT2D eigenvalue weighted by molar-refractivity contribution is -0.143. The number of fused-ring (bicyclic) bond motifs is 2. The second kappa shape index (κ2) is 23.8. The summed E-state index contributed by atoms with van der Waals surface area (Å²) in [5.74, 6) is -2.56. The normalized spacial score (nSPS) is 25.0. The SMILES string of the molecule is O=C1C[C@@H]2[C@@H](/C=C/[C@@H](O)CCc3ccccc3)[C@H](OC(=O)c3ccc(-c4ccccc4)cc3)C[C@@H]2O1.[2H]C(C([2H])[C@@H](O)CCc1ccccc1)[C@@H]1[C@H]2CC(=O)O[C@H]2C[C@H]1OC(=O)c1ccc(-c2ccccc2)cc1. The third-order valence-corrected chi connectivity index (χ3v) is 14.3. The van der Waals surface area contributed by atoms with Gasteiger partial charge < -0.3 is 29.2 Å². The van der Waals surface area contributed by atoms with E-state index in [1.807, 2.05) is 152 Å². The third kappa shape index (κ3) is 12.8. The van der Waals surface area contributed by atoms with Crippen molar-refractivity contribution >= 4 is 23.9 Å². The molecule has 72 heavy (non-hydrogen) atoms. The van der Waals surface area contributed by atoms with Crippen LogP contribution in [0.25, 0.3) is 22.3 Å². The van der Waals surface area contributed by atoms with Gasteiger partial charge in [-0.05, 0) is 96.1 Å². The van der Waals surface area contributed by atoms with Gasteiger partial charge in [-0.25, -0.2) is 9.59 Å². The van der Waals surface area contributed by atoms with Crippen molar-refractivity contribution in [3.63, 3.8) is 0 Å². The van der Waals surface area contributed by atoms with Crippen LogP contribution in [-0.4, -0.2) is 70.7 Å². The van der Waals surface area contributed by atoms with Gasteiger partial charge in [0, 0.05) is 39.3 Å². The molecule has 0 bridgehead atoms. The lowest BCUT2D eigenvalue weighted by Crippen LogP contribution is -2.27. The van der Waals surface area contributed by atoms with Crippen LogP contribution in [-0.2, 0) is 41.4 Å². The Bertz CT molecular complexity index is 2830. The van der Waals surface area contributed by atoms with E-state index in [-0.39, 0.29) is 42.2 Å². The molecule has 10 heteroatoms. The molecular formula is C62H62O10. The van der Waals surface area contributed by atoms with Crippen molar-refractivity contribution in [1.29, 1.82) is 0 Å². The summed E-state index contributed by atoms with van der Waals surface area (Å²) in [6, 6.07) is 54.1. The predicted octanol–water partition coefficient (Wildman–Crippen LogP) is 11.0. The minimum Gasteiger partial charge on any atom is -0.462 e. The Morgan fingerprint density at radius 3 is 1.53 bits per heavy atom. The average Bonchev–Trinajstić information content (AvgIpc) is 4.17. The maximum atomic E-state index is 13.1. The molecule has 4 fully saturated rings. The summed E-state index contributed by atoms with van der Waals surface area (Å²) in [4.78, 5) is 49.9. The van der Waals surface area contributed by atoms with Crippen LogP contribution >= 0.6 is 0 Å². The van der Waals surface area contributed by atoms with Gasteiger partial charge >= 0.3 is 23.9 Å². The molecule has 0 aromatic heterocycles. The van der Waals surface area contributed by atoms with Crippen molar-refractivity contribution < 1.29 is 51.1 Å². The van der Waals surface area contributed by atoms with Crippen molar-refractivity contribution in [3.8, 4) is 22.3 Å². The molecule has 2 aliphatic heterocycles. The maximum absolute atomic E-state index is 13.1. The zero-order valence-electron chi connectivity index (χ0n) is 42.1. The number of esters is 4. The number of benzene rings is 6. The van der Waals surface area contributed by atoms with E-state index in [4.69, 9.17) is 21.7 Å². The van der Waals surface area contributed by atoms with Crippen molar-refractivity contribution in [3.05, 3.63) is 204 Å². The molecule has 10 rings (SSSR count). The largest absolute Gasteiger partial charge is 0.462 e. The minimum absolute atomic E-state index is 0.0478. The molecule has 2 N–H and O–H groups in total. The number of aliphatic hydroxyl groups is 2. The molecule has 4 aliphatic rings. The highest BCUT2D eigenvalue weighted by atomic mass is 16.6. The van der Waals surface area contributed by atoms with E-state index in [1.54, 1.807) is 30.3 Å². The molecule has 0 spiro atoms. The first kappa shape index (κ1) is 47.2. The molecule has 2 unspecified atom stereocenters. The number of rotatable bonds is 17. The topological polar surface area (TPSA) is 146 Å². The predicted molar refractivity (Wildman–Crippen MR) is 274 cm³/mol. The molecule has 2 saturated carbocycles. The van der Waals surface area contributed by atoms with Crippen molar-refractivity contribution in [1.82, 2.24) is 0 Å². The average molecular weight is 969 g/mol. The van der Waals surface area contributed by atoms with Crippen LogP contribution in [0.5, 0.6) is 0 Å². The molecule has 0 amide bonds. The summed E-state index contributed by atoms with van der Waals surface area (Å²) in [6.45, 7) is 0. The highest BCUT2D eigenvalue weighted by molar-refractivity contribution is 5.91. The van der Waals surface area contributed by atoms with Crippen LogP contribution in [0.4, 0.5) is 0 Å². The first-order valence-electron chi connectivity index (χ1n) is 26.2. The van der Waals surface area contributed by atoms with Gasteiger partial charge in [-0.2, -0.15) is 0 Å². The highest BCUT2D eigenvalue weighted by Gasteiger charge is 2.52. The summed E-state index contributed by atoms with van der Waals surface area (Å²) in [6.07, 6.45) is 1.65. The minimum atomic E-state index is -1.11. The fraction of sp³-hybridized carbons (Fsp3) is 0.323. The summed E-state index contributed by atoms with van der Waals surface area (Å²) < 4.78 is 40.3. The molecule has 2 heterocycles. The monoisotopic (exact) mass is 968 g/mol. The van der Waals surface area contributed by atoms with Gasteiger partial charge in [-0.1, -0.05) is 158 Å². The molecule has 370 valence electrons. The Morgan fingerprint density at radius 1 is 0.569 bits per heavy atom. The lowest BCUT2D eigenvalue weighted by atomic mass is 9.86. The van der Waals surface area contributed by atoms with Crippen LogP contribution in [0, 0.1) is 23.7 Å². The molecule has 12 atom stereocenters. The number of hydrogen-bond acceptors (Lipinski definition) is 10. The molecule has 0 radical (unpaired) electrons. The zero-order valence-corrected chi connectivity index (χ0v) is 40.1. The van der Waals surface area contributed by atoms with Crippen molar-refractivity contribution in [2.45, 2.75) is 101 Å². The van der Waals surface area contributed by atoms with Gasteiger partial charge in [-0.15, -0.1) is 0 Å². The van der Waals surface area contributed by atoms with E-state index in [2.05, 4.69) is 0 Å². The van der Waals surface area contributed by atoms with Crippen LogP contribution in [0.2, 0.25) is 0 Å². The van der Waals surface area contributed by atoms with Gasteiger partial charge in [0.2, 0.25) is 0 Å². The molecule has 2 aliphatic carbocycles. The smallest absolute Gasteiger partial charge is 0.338 e. The van der Waals surface area contributed by atoms with Crippen LogP contribution in [0.15, 0.2) is 182 Å². The third-order valence-electron chi connectivity index (χ3n) is 14.3. The highest BCUT2D eigenvalue weighted by Crippen LogP contribution is 2.46. The summed E-state index contributed by atoms with van der Waals surface area (Å²) in [5, 5.41) is 21.3. The Hall–Kier alpha value is -7.14. The number of hydrogen-bond donors (Lipinski definition) is 2. The Morgan fingerprint density at radius 2 is 1.00 bits per heavy atom. The van der Waals surface area contributed by atoms with E-state index < -0.39 is 61.2 Å². The number of ether oxygens (including phenoxy) is 4. The standard InChI is InChI=1S/C31H32O5.C31H30O5/c2*32-25(16-11-21-7-3-1-4-8-21)17-18-26-27-19-30(33)35-29(27)20-28(26)36-31(34)24-14-12-23(13-15-24)22-9-5-2-6-10-22/h1-10,12-15,25-29,32H,11,16-20H2;1-10,12-15,17-18,25-29,32H,11,16,19-20H2/b;18-17+/t2*25-,26+,27+,28+,29-/m00/s1/i17D,18D;/t17?,18?,25-,26+,27+,28+,29-;. The molecule has 10 nitrogen and oxygen atoms in total. The van der Waals surface area contributed by atoms with Gasteiger partial charge in [0.15, 0.2) is 0 Å². The Kier molecular flexibility index (Phi) is 15.6. The van der Waals surface area contributed by atoms with Gasteiger partial charge in [0.05, 0.1) is 36.2 Å². The Labute approximate surface area is 424 Å². The van der Waals surface area contributed by atoms with Crippen LogP contribution in [0.3, 0.4) is 0 Å². The van der Waals surface area contributed by atoms with Gasteiger partial charge in [0.25, 0.3) is 0 Å². The number of carbonyl (C=O) groups excluding carboxylic acids is 4. The maximum Gasteiger partial charge on any atom is 0.338 e. The Balaban J connectivity index is 0.000000182. The summed E-state index contributed by atoms with van der Waals surface area (Å²) >= 11 is 0. The first-order chi connectivity index (χ1) is 36.0. The summed E-state index contributed by atoms with van der Waals surface area (Å²) in [7, 11) is 0. The van der Waals surface area contributed by atoms with E-state index in [1.165, 1.54) is 5.56 Å². The van der Waals surface area contributed by atoms with Crippen molar-refractivity contribution in [2.24, 2.45) is 23.7 Å². The fourth-order valence-electron chi connectivity index (χ4n) is 10.5. The second-order valence-electron chi connectivity index (χ2n) is 19.1.